The third-order valence-electron chi connectivity index (χ3n) is 0.347. The van der Waals surface area contributed by atoms with E-state index in [1.807, 2.05) is 0 Å². The molecule has 0 unspecified atom stereocenters. The normalized spacial score (nSPS) is 5.71. The van der Waals surface area contributed by atoms with Crippen LogP contribution in [0.1, 0.15) is 0 Å². The molecule has 3 nitrogen and oxygen atoms in total. The maximum Gasteiger partial charge on any atom is 0.123 e. The minimum absolute atomic E-state index is 0. The molecular formula is C3H6KNO2. The molecule has 0 radical (unpaired) electrons. The molecule has 1 aromatic heterocycles. The second-order valence-electron chi connectivity index (χ2n) is 0.688. The largest absolute Gasteiger partial charge is 0.365 e. The molecule has 0 amide bonds. The van der Waals surface area contributed by atoms with E-state index in [0.29, 0.717) is 0 Å². The van der Waals surface area contributed by atoms with Crippen LogP contribution < -0.4 is 0 Å². The van der Waals surface area contributed by atoms with Crippen molar-refractivity contribution in [2.45, 2.75) is 0 Å². The van der Waals surface area contributed by atoms with E-state index < -0.39 is 0 Å². The Bertz CT molecular complexity index is 69.4. The Balaban J connectivity index is 0. The fourth-order valence-electron chi connectivity index (χ4n) is 0.176. The van der Waals surface area contributed by atoms with Gasteiger partial charge >= 0.3 is 51.4 Å². The second kappa shape index (κ2) is 6.81. The molecule has 0 aliphatic carbocycles. The summed E-state index contributed by atoms with van der Waals surface area (Å²) in [7, 11) is 0. The van der Waals surface area contributed by atoms with E-state index in [-0.39, 0.29) is 56.9 Å². The van der Waals surface area contributed by atoms with Crippen LogP contribution in [-0.2, 0) is 0 Å². The van der Waals surface area contributed by atoms with Gasteiger partial charge in [-0.05, 0) is 6.07 Å². The molecule has 2 N–H and O–H groups in total. The Morgan fingerprint density at radius 3 is 2.29 bits per heavy atom. The van der Waals surface area contributed by atoms with Crippen LogP contribution >= 0.6 is 0 Å². The predicted octanol–water partition coefficient (Wildman–Crippen LogP) is -0.799. The Morgan fingerprint density at radius 1 is 1.43 bits per heavy atom. The van der Waals surface area contributed by atoms with Crippen LogP contribution in [0, 0.1) is 0 Å². The molecular weight excluding hydrogens is 121 g/mol. The van der Waals surface area contributed by atoms with Crippen molar-refractivity contribution in [3.63, 3.8) is 0 Å². The number of aromatic nitrogens is 1. The van der Waals surface area contributed by atoms with Crippen molar-refractivity contribution in [3.8, 4) is 0 Å². The molecule has 0 aliphatic heterocycles. The summed E-state index contributed by atoms with van der Waals surface area (Å²) < 4.78 is 4.33. The third kappa shape index (κ3) is 4.66. The SMILES string of the molecule is O.[KH].c1cnoc1. The van der Waals surface area contributed by atoms with Crippen LogP contribution in [0.3, 0.4) is 0 Å². The van der Waals surface area contributed by atoms with E-state index in [9.17, 15) is 0 Å². The zero-order valence-corrected chi connectivity index (χ0v) is 3.09. The van der Waals surface area contributed by atoms with Crippen LogP contribution in [-0.4, -0.2) is 62.0 Å². The average molecular weight is 127 g/mol. The molecule has 0 aliphatic rings. The van der Waals surface area contributed by atoms with Gasteiger partial charge < -0.3 is 10.00 Å². The van der Waals surface area contributed by atoms with E-state index in [0.717, 1.165) is 0 Å². The van der Waals surface area contributed by atoms with Gasteiger partial charge in [-0.25, -0.2) is 0 Å². The van der Waals surface area contributed by atoms with Crippen LogP contribution in [0.4, 0.5) is 0 Å². The quantitative estimate of drug-likeness (QED) is 0.428. The van der Waals surface area contributed by atoms with Gasteiger partial charge in [-0.3, -0.25) is 0 Å². The summed E-state index contributed by atoms with van der Waals surface area (Å²) in [6.45, 7) is 0. The van der Waals surface area contributed by atoms with Gasteiger partial charge in [0.05, 0.1) is 6.20 Å². The molecule has 4 heteroatoms. The Hall–Kier alpha value is 0.806. The minimum atomic E-state index is 0. The molecule has 0 aromatic carbocycles. The second-order valence-corrected chi connectivity index (χ2v) is 0.688. The maximum atomic E-state index is 4.33. The summed E-state index contributed by atoms with van der Waals surface area (Å²) in [6.07, 6.45) is 3.10. The van der Waals surface area contributed by atoms with E-state index in [2.05, 4.69) is 9.68 Å². The van der Waals surface area contributed by atoms with Crippen LogP contribution in [0.25, 0.3) is 0 Å². The van der Waals surface area contributed by atoms with Gasteiger partial charge in [0.1, 0.15) is 6.26 Å². The smallest absolute Gasteiger partial charge is 0.123 e. The number of rotatable bonds is 0. The van der Waals surface area contributed by atoms with Gasteiger partial charge in [-0.2, -0.15) is 0 Å². The molecule has 1 heterocycles. The van der Waals surface area contributed by atoms with Crippen molar-refractivity contribution < 1.29 is 10.00 Å². The van der Waals surface area contributed by atoms with Gasteiger partial charge in [0.15, 0.2) is 0 Å². The van der Waals surface area contributed by atoms with Crippen molar-refractivity contribution in [2.24, 2.45) is 0 Å². The van der Waals surface area contributed by atoms with Crippen LogP contribution in [0.5, 0.6) is 0 Å². The van der Waals surface area contributed by atoms with E-state index in [1.165, 1.54) is 6.26 Å². The summed E-state index contributed by atoms with van der Waals surface area (Å²) >= 11 is 0. The molecule has 0 bridgehead atoms. The van der Waals surface area contributed by atoms with Crippen molar-refractivity contribution >= 4 is 51.4 Å². The molecule has 0 spiro atoms. The Kier molecular flexibility index (Phi) is 10.4. The summed E-state index contributed by atoms with van der Waals surface area (Å²) in [5.74, 6) is 0. The van der Waals surface area contributed by atoms with Crippen LogP contribution in [0.2, 0.25) is 0 Å². The first-order valence-electron chi connectivity index (χ1n) is 1.34. The van der Waals surface area contributed by atoms with Gasteiger partial charge in [0.25, 0.3) is 0 Å². The first kappa shape index (κ1) is 10.7. The van der Waals surface area contributed by atoms with Crippen LogP contribution in [0.15, 0.2) is 23.0 Å². The topological polar surface area (TPSA) is 57.5 Å². The molecule has 0 saturated heterocycles. The Morgan fingerprint density at radius 2 is 2.14 bits per heavy atom. The maximum absolute atomic E-state index is 4.33. The number of hydrogen-bond donors (Lipinski definition) is 0. The van der Waals surface area contributed by atoms with E-state index in [1.54, 1.807) is 12.3 Å². The monoisotopic (exact) mass is 127 g/mol. The third-order valence-corrected chi connectivity index (χ3v) is 0.347. The van der Waals surface area contributed by atoms with Crippen molar-refractivity contribution in [2.75, 3.05) is 0 Å². The summed E-state index contributed by atoms with van der Waals surface area (Å²) in [6, 6.07) is 1.72. The summed E-state index contributed by atoms with van der Waals surface area (Å²) in [5, 5.41) is 3.35. The average Bonchev–Trinajstić information content (AvgIpc) is 1.76. The fourth-order valence-corrected chi connectivity index (χ4v) is 0.176. The molecule has 1 rings (SSSR count). The van der Waals surface area contributed by atoms with Gasteiger partial charge in [0, 0.05) is 0 Å². The van der Waals surface area contributed by atoms with Gasteiger partial charge in [-0.15, -0.1) is 0 Å². The molecule has 7 heavy (non-hydrogen) atoms. The standard InChI is InChI=1S/C3H3NO.K.H2O.H/c1-2-4-5-3-1;;;/h1-3H;;1H2;. The van der Waals surface area contributed by atoms with Gasteiger partial charge in [0.2, 0.25) is 0 Å². The number of hydrogen-bond acceptors (Lipinski definition) is 2. The first-order valence-corrected chi connectivity index (χ1v) is 1.34. The molecule has 0 atom stereocenters. The zero-order chi connectivity index (χ0) is 3.54. The van der Waals surface area contributed by atoms with E-state index >= 15 is 0 Å². The van der Waals surface area contributed by atoms with Crippen molar-refractivity contribution in [1.29, 1.82) is 0 Å². The molecule has 0 fully saturated rings. The predicted molar refractivity (Wildman–Crippen MR) is 27.3 cm³/mol. The number of nitrogens with zero attached hydrogens (tertiary/aromatic N) is 1. The molecule has 36 valence electrons. The summed E-state index contributed by atoms with van der Waals surface area (Å²) in [5.41, 5.74) is 0. The van der Waals surface area contributed by atoms with E-state index in [4.69, 9.17) is 0 Å². The summed E-state index contributed by atoms with van der Waals surface area (Å²) in [4.78, 5) is 0. The fraction of sp³-hybridized carbons (Fsp3) is 0. The zero-order valence-electron chi connectivity index (χ0n) is 3.09. The first-order chi connectivity index (χ1) is 2.50. The molecule has 0 saturated carbocycles. The molecule has 1 aromatic rings. The minimum Gasteiger partial charge on any atom is -0.365 e. The van der Waals surface area contributed by atoms with Crippen molar-refractivity contribution in [1.82, 2.24) is 5.16 Å². The van der Waals surface area contributed by atoms with Crippen molar-refractivity contribution in [3.05, 3.63) is 18.5 Å². The Labute approximate surface area is 83.8 Å². The van der Waals surface area contributed by atoms with Gasteiger partial charge in [-0.1, -0.05) is 5.16 Å².